The molecule has 6 atom stereocenters. The van der Waals surface area contributed by atoms with E-state index < -0.39 is 48.2 Å². The van der Waals surface area contributed by atoms with Crippen LogP contribution in [0.2, 0.25) is 0 Å². The van der Waals surface area contributed by atoms with Crippen molar-refractivity contribution in [2.45, 2.75) is 75.9 Å². The topological polar surface area (TPSA) is 77.4 Å². The molecule has 104 valence electrons. The lowest BCUT2D eigenvalue weighted by Gasteiger charge is -2.38. The molecular weight excluding hydrogens is 240 g/mol. The van der Waals surface area contributed by atoms with Gasteiger partial charge in [-0.05, 0) is 27.7 Å². The van der Waals surface area contributed by atoms with Crippen molar-refractivity contribution in [2.75, 3.05) is 0 Å². The molecule has 2 N–H and O–H groups in total. The van der Waals surface area contributed by atoms with E-state index in [9.17, 15) is 10.2 Å². The van der Waals surface area contributed by atoms with Crippen LogP contribution in [0.4, 0.5) is 0 Å². The van der Waals surface area contributed by atoms with Gasteiger partial charge in [0.15, 0.2) is 11.6 Å². The molecule has 3 fully saturated rings. The van der Waals surface area contributed by atoms with Crippen molar-refractivity contribution in [3.05, 3.63) is 0 Å². The van der Waals surface area contributed by atoms with Gasteiger partial charge in [0, 0.05) is 0 Å². The summed E-state index contributed by atoms with van der Waals surface area (Å²) in [6.45, 7) is 7.11. The molecule has 0 spiro atoms. The first kappa shape index (κ1) is 12.8. The highest BCUT2D eigenvalue weighted by Gasteiger charge is 2.62. The average Bonchev–Trinajstić information content (AvgIpc) is 2.71. The molecule has 3 aliphatic rings. The van der Waals surface area contributed by atoms with Gasteiger partial charge < -0.3 is 29.2 Å². The van der Waals surface area contributed by atoms with Crippen LogP contribution < -0.4 is 0 Å². The van der Waals surface area contributed by atoms with E-state index in [0.29, 0.717) is 0 Å². The van der Waals surface area contributed by atoms with Gasteiger partial charge in [-0.2, -0.15) is 0 Å². The van der Waals surface area contributed by atoms with Crippen molar-refractivity contribution in [3.8, 4) is 0 Å². The zero-order valence-corrected chi connectivity index (χ0v) is 11.0. The third kappa shape index (κ3) is 1.79. The predicted octanol–water partition coefficient (Wildman–Crippen LogP) is -0.238. The number of aliphatic hydroxyl groups is 2. The average molecular weight is 260 g/mol. The summed E-state index contributed by atoms with van der Waals surface area (Å²) in [5.74, 6) is -1.58. The second-order valence-electron chi connectivity index (χ2n) is 6.11. The van der Waals surface area contributed by atoms with Gasteiger partial charge in [0.05, 0.1) is 0 Å². The summed E-state index contributed by atoms with van der Waals surface area (Å²) in [6, 6.07) is 0. The summed E-state index contributed by atoms with van der Waals surface area (Å²) in [5, 5.41) is 20.2. The monoisotopic (exact) mass is 260 g/mol. The molecule has 0 aromatic carbocycles. The van der Waals surface area contributed by atoms with Crippen LogP contribution in [-0.4, -0.2) is 58.4 Å². The van der Waals surface area contributed by atoms with Crippen LogP contribution in [0.25, 0.3) is 0 Å². The van der Waals surface area contributed by atoms with Crippen LogP contribution in [0.5, 0.6) is 0 Å². The largest absolute Gasteiger partial charge is 0.387 e. The SMILES string of the molecule is CC1(C)O[C@@H]2[C@@H]3OC(C)(C)O[C@@H]3[C@@H](O)[C@H](O)[C@H]2O1. The summed E-state index contributed by atoms with van der Waals surface area (Å²) in [4.78, 5) is 0. The number of ether oxygens (including phenoxy) is 4. The summed E-state index contributed by atoms with van der Waals surface area (Å²) >= 11 is 0. The fraction of sp³-hybridized carbons (Fsp3) is 1.00. The molecule has 6 nitrogen and oxygen atoms in total. The Morgan fingerprint density at radius 1 is 0.611 bits per heavy atom. The van der Waals surface area contributed by atoms with E-state index >= 15 is 0 Å². The molecule has 0 aromatic heterocycles. The van der Waals surface area contributed by atoms with Crippen molar-refractivity contribution in [1.82, 2.24) is 0 Å². The zero-order valence-electron chi connectivity index (χ0n) is 11.0. The van der Waals surface area contributed by atoms with Crippen molar-refractivity contribution in [1.29, 1.82) is 0 Å². The predicted molar refractivity (Wildman–Crippen MR) is 59.7 cm³/mol. The maximum Gasteiger partial charge on any atom is 0.164 e. The molecule has 2 heterocycles. The molecule has 18 heavy (non-hydrogen) atoms. The lowest BCUT2D eigenvalue weighted by molar-refractivity contribution is -0.185. The lowest BCUT2D eigenvalue weighted by atomic mass is 9.85. The van der Waals surface area contributed by atoms with Crippen LogP contribution in [0.3, 0.4) is 0 Å². The maximum atomic E-state index is 10.1. The van der Waals surface area contributed by atoms with Gasteiger partial charge in [-0.3, -0.25) is 0 Å². The Morgan fingerprint density at radius 2 is 0.889 bits per heavy atom. The maximum absolute atomic E-state index is 10.1. The highest BCUT2D eigenvalue weighted by atomic mass is 16.8. The highest BCUT2D eigenvalue weighted by Crippen LogP contribution is 2.44. The Balaban J connectivity index is 1.91. The minimum absolute atomic E-state index is 0.426. The summed E-state index contributed by atoms with van der Waals surface area (Å²) < 4.78 is 22.8. The Labute approximate surface area is 106 Å². The number of hydrogen-bond acceptors (Lipinski definition) is 6. The minimum atomic E-state index is -1.03. The molecular formula is C12H20O6. The normalized spacial score (nSPS) is 53.0. The first-order valence-electron chi connectivity index (χ1n) is 6.28. The van der Waals surface area contributed by atoms with Gasteiger partial charge in [-0.25, -0.2) is 0 Å². The van der Waals surface area contributed by atoms with Gasteiger partial charge in [0.1, 0.15) is 36.6 Å². The van der Waals surface area contributed by atoms with Crippen LogP contribution in [0.1, 0.15) is 27.7 Å². The summed E-state index contributed by atoms with van der Waals surface area (Å²) in [7, 11) is 0. The van der Waals surface area contributed by atoms with E-state index in [1.165, 1.54) is 0 Å². The fourth-order valence-corrected chi connectivity index (χ4v) is 3.06. The van der Waals surface area contributed by atoms with E-state index in [4.69, 9.17) is 18.9 Å². The second-order valence-corrected chi connectivity index (χ2v) is 6.11. The Kier molecular flexibility index (Phi) is 2.59. The van der Waals surface area contributed by atoms with Crippen molar-refractivity contribution in [3.63, 3.8) is 0 Å². The van der Waals surface area contributed by atoms with Gasteiger partial charge in [0.2, 0.25) is 0 Å². The third-order valence-corrected chi connectivity index (χ3v) is 3.67. The third-order valence-electron chi connectivity index (χ3n) is 3.67. The molecule has 0 amide bonds. The van der Waals surface area contributed by atoms with Crippen LogP contribution in [0.15, 0.2) is 0 Å². The molecule has 1 saturated carbocycles. The highest BCUT2D eigenvalue weighted by molar-refractivity contribution is 5.07. The molecule has 2 aliphatic heterocycles. The summed E-state index contributed by atoms with van der Waals surface area (Å²) in [5.41, 5.74) is 0. The van der Waals surface area contributed by atoms with Crippen LogP contribution in [-0.2, 0) is 18.9 Å². The van der Waals surface area contributed by atoms with E-state index in [1.54, 1.807) is 27.7 Å². The molecule has 0 radical (unpaired) electrons. The van der Waals surface area contributed by atoms with E-state index in [2.05, 4.69) is 0 Å². The molecule has 0 bridgehead atoms. The Morgan fingerprint density at radius 3 is 1.22 bits per heavy atom. The smallest absolute Gasteiger partial charge is 0.164 e. The second kappa shape index (κ2) is 3.65. The van der Waals surface area contributed by atoms with Crippen molar-refractivity contribution >= 4 is 0 Å². The van der Waals surface area contributed by atoms with Crippen molar-refractivity contribution < 1.29 is 29.2 Å². The van der Waals surface area contributed by atoms with Gasteiger partial charge >= 0.3 is 0 Å². The lowest BCUT2D eigenvalue weighted by Crippen LogP contribution is -2.61. The molecule has 3 rings (SSSR count). The number of fused-ring (bicyclic) bond motifs is 3. The zero-order chi connectivity index (χ0) is 13.3. The van der Waals surface area contributed by atoms with Gasteiger partial charge in [-0.15, -0.1) is 0 Å². The molecule has 1 aliphatic carbocycles. The minimum Gasteiger partial charge on any atom is -0.387 e. The molecule has 0 aromatic rings. The Bertz CT molecular complexity index is 320. The quantitative estimate of drug-likeness (QED) is 0.626. The molecule has 0 unspecified atom stereocenters. The molecule has 6 heteroatoms. The van der Waals surface area contributed by atoms with Crippen molar-refractivity contribution in [2.24, 2.45) is 0 Å². The fourth-order valence-electron chi connectivity index (χ4n) is 3.06. The van der Waals surface area contributed by atoms with Gasteiger partial charge in [0.25, 0.3) is 0 Å². The van der Waals surface area contributed by atoms with E-state index in [1.807, 2.05) is 0 Å². The van der Waals surface area contributed by atoms with E-state index in [-0.39, 0.29) is 0 Å². The summed E-state index contributed by atoms with van der Waals surface area (Å²) in [6.07, 6.45) is -4.09. The number of aliphatic hydroxyl groups excluding tert-OH is 2. The number of rotatable bonds is 0. The first-order chi connectivity index (χ1) is 8.20. The van der Waals surface area contributed by atoms with Gasteiger partial charge in [-0.1, -0.05) is 0 Å². The van der Waals surface area contributed by atoms with Crippen LogP contribution >= 0.6 is 0 Å². The van der Waals surface area contributed by atoms with E-state index in [0.717, 1.165) is 0 Å². The Hall–Kier alpha value is -0.240. The standard InChI is InChI=1S/C12H20O6/c1-11(2)15-7-5(13)6(14)8-10(9(7)17-11)18-12(3,4)16-8/h5-10,13-14H,1-4H3/t5-,6-,7+,8+,9-,10+/m0/s1. The number of hydrogen-bond donors (Lipinski definition) is 2. The molecule has 2 saturated heterocycles. The van der Waals surface area contributed by atoms with Crippen LogP contribution in [0, 0.1) is 0 Å². The first-order valence-corrected chi connectivity index (χ1v) is 6.28.